The predicted octanol–water partition coefficient (Wildman–Crippen LogP) is 12.8. The average molecular weight is 689 g/mol. The highest BCUT2D eigenvalue weighted by Crippen LogP contribution is 2.58. The van der Waals surface area contributed by atoms with Crippen LogP contribution in [0.5, 0.6) is 0 Å². The van der Waals surface area contributed by atoms with Gasteiger partial charge in [0.15, 0.2) is 5.82 Å². The first-order valence-electron chi connectivity index (χ1n) is 18.8. The number of aromatic nitrogens is 2. The maximum atomic E-state index is 5.64. The van der Waals surface area contributed by atoms with Crippen molar-refractivity contribution in [3.8, 4) is 45.0 Å². The molecule has 1 aromatic heterocycles. The van der Waals surface area contributed by atoms with E-state index in [2.05, 4.69) is 196 Å². The Morgan fingerprint density at radius 3 is 1.57 bits per heavy atom. The number of nitrogens with zero attached hydrogens (tertiary/aromatic N) is 2. The van der Waals surface area contributed by atoms with Crippen LogP contribution in [0.4, 0.5) is 0 Å². The molecule has 0 atom stereocenters. The third kappa shape index (κ3) is 4.11. The smallest absolute Gasteiger partial charge is 0.160 e. The van der Waals surface area contributed by atoms with Crippen LogP contribution >= 0.6 is 0 Å². The monoisotopic (exact) mass is 688 g/mol. The highest BCUT2D eigenvalue weighted by Gasteiger charge is 2.46. The number of rotatable bonds is 4. The first-order chi connectivity index (χ1) is 26.6. The summed E-state index contributed by atoms with van der Waals surface area (Å²) < 4.78 is 0. The van der Waals surface area contributed by atoms with Gasteiger partial charge < -0.3 is 0 Å². The van der Waals surface area contributed by atoms with Crippen LogP contribution in [-0.4, -0.2) is 9.97 Å². The second-order valence-corrected chi connectivity index (χ2v) is 15.2. The highest BCUT2D eigenvalue weighted by molar-refractivity contribution is 6.18. The maximum Gasteiger partial charge on any atom is 0.160 e. The summed E-state index contributed by atoms with van der Waals surface area (Å²) >= 11 is 0. The average Bonchev–Trinajstić information content (AvgIpc) is 3.68. The van der Waals surface area contributed by atoms with E-state index in [0.29, 0.717) is 0 Å². The summed E-state index contributed by atoms with van der Waals surface area (Å²) in [6.07, 6.45) is 0. The van der Waals surface area contributed by atoms with Crippen molar-refractivity contribution in [2.75, 3.05) is 0 Å². The second kappa shape index (κ2) is 11.4. The summed E-state index contributed by atoms with van der Waals surface area (Å²) in [6, 6.07) is 66.2. The molecule has 0 spiro atoms. The molecule has 0 unspecified atom stereocenters. The van der Waals surface area contributed by atoms with Crippen molar-refractivity contribution in [2.45, 2.75) is 24.7 Å². The van der Waals surface area contributed by atoms with E-state index in [9.17, 15) is 0 Å². The molecule has 8 aromatic carbocycles. The first-order valence-corrected chi connectivity index (χ1v) is 18.8. The van der Waals surface area contributed by atoms with Crippen molar-refractivity contribution in [3.63, 3.8) is 0 Å². The lowest BCUT2D eigenvalue weighted by Crippen LogP contribution is -2.28. The van der Waals surface area contributed by atoms with Crippen molar-refractivity contribution in [1.29, 1.82) is 0 Å². The van der Waals surface area contributed by atoms with E-state index in [0.717, 1.165) is 28.3 Å². The fourth-order valence-electron chi connectivity index (χ4n) is 9.93. The van der Waals surface area contributed by atoms with E-state index in [1.807, 2.05) is 0 Å². The summed E-state index contributed by atoms with van der Waals surface area (Å²) in [7, 11) is 0. The standard InChI is InChI=1S/C52H36N2/c1-51(2)46-42-29-12-10-25-38(42)37-24-9-11-28-41(37)45(46)49-47(51)48(33-18-5-3-6-19-33)53-50(54-49)34-20-17-23-36(32-34)52(35-21-7-4-8-22-35)43-30-15-13-26-39(43)40-27-14-16-31-44(40)52/h3-32H,1-2H3. The Labute approximate surface area is 315 Å². The van der Waals surface area contributed by atoms with Crippen molar-refractivity contribution < 1.29 is 0 Å². The zero-order valence-corrected chi connectivity index (χ0v) is 30.2. The van der Waals surface area contributed by atoms with E-state index < -0.39 is 5.41 Å². The fourth-order valence-corrected chi connectivity index (χ4v) is 9.93. The Morgan fingerprint density at radius 2 is 0.889 bits per heavy atom. The van der Waals surface area contributed by atoms with E-state index in [1.165, 1.54) is 71.6 Å². The molecule has 254 valence electrons. The minimum atomic E-state index is -0.507. The Hall–Kier alpha value is -6.64. The summed E-state index contributed by atoms with van der Waals surface area (Å²) in [5.74, 6) is 0.734. The van der Waals surface area contributed by atoms with E-state index in [-0.39, 0.29) is 5.41 Å². The van der Waals surface area contributed by atoms with Gasteiger partial charge in [0.05, 0.1) is 16.8 Å². The molecule has 54 heavy (non-hydrogen) atoms. The predicted molar refractivity (Wildman–Crippen MR) is 223 cm³/mol. The molecule has 2 nitrogen and oxygen atoms in total. The van der Waals surface area contributed by atoms with Gasteiger partial charge >= 0.3 is 0 Å². The number of hydrogen-bond acceptors (Lipinski definition) is 2. The number of fused-ring (bicyclic) bond motifs is 11. The molecule has 1 heterocycles. The van der Waals surface area contributed by atoms with Gasteiger partial charge in [-0.15, -0.1) is 0 Å². The van der Waals surface area contributed by atoms with Crippen LogP contribution in [0.2, 0.25) is 0 Å². The van der Waals surface area contributed by atoms with Crippen LogP contribution in [0.25, 0.3) is 66.6 Å². The van der Waals surface area contributed by atoms with Crippen LogP contribution < -0.4 is 0 Å². The minimum Gasteiger partial charge on any atom is -0.228 e. The fraction of sp³-hybridized carbons (Fsp3) is 0.0769. The lowest BCUT2D eigenvalue weighted by Gasteiger charge is -2.34. The third-order valence-electron chi connectivity index (χ3n) is 12.1. The molecule has 0 saturated heterocycles. The molecule has 0 fully saturated rings. The topological polar surface area (TPSA) is 25.8 Å². The van der Waals surface area contributed by atoms with Gasteiger partial charge in [-0.3, -0.25) is 0 Å². The lowest BCUT2D eigenvalue weighted by molar-refractivity contribution is 0.664. The Kier molecular flexibility index (Phi) is 6.55. The number of benzene rings is 8. The van der Waals surface area contributed by atoms with Crippen molar-refractivity contribution in [2.24, 2.45) is 0 Å². The molecule has 0 N–H and O–H groups in total. The minimum absolute atomic E-state index is 0.339. The molecular weight excluding hydrogens is 653 g/mol. The van der Waals surface area contributed by atoms with Gasteiger partial charge in [0.1, 0.15) is 0 Å². The van der Waals surface area contributed by atoms with Gasteiger partial charge in [0.25, 0.3) is 0 Å². The van der Waals surface area contributed by atoms with Crippen LogP contribution in [0, 0.1) is 0 Å². The number of hydrogen-bond donors (Lipinski definition) is 0. The summed E-state index contributed by atoms with van der Waals surface area (Å²) in [5, 5.41) is 5.04. The largest absolute Gasteiger partial charge is 0.228 e. The summed E-state index contributed by atoms with van der Waals surface area (Å²) in [4.78, 5) is 11.2. The first kappa shape index (κ1) is 30.9. The maximum absolute atomic E-state index is 5.64. The quantitative estimate of drug-likeness (QED) is 0.172. The van der Waals surface area contributed by atoms with Gasteiger partial charge in [-0.05, 0) is 66.6 Å². The van der Waals surface area contributed by atoms with Crippen LogP contribution in [0.15, 0.2) is 182 Å². The molecule has 0 bridgehead atoms. The van der Waals surface area contributed by atoms with E-state index in [1.54, 1.807) is 0 Å². The van der Waals surface area contributed by atoms with Crippen LogP contribution in [-0.2, 0) is 10.8 Å². The SMILES string of the molecule is CC1(C)c2c(-c3ccccc3)nc(-c3cccc(C4(c5ccccc5)c5ccccc5-c5ccccc54)c3)nc2-c2c1c1ccccc1c1ccccc21. The van der Waals surface area contributed by atoms with Gasteiger partial charge in [0.2, 0.25) is 0 Å². The molecule has 2 aliphatic carbocycles. The Bertz CT molecular complexity index is 2910. The van der Waals surface area contributed by atoms with Gasteiger partial charge in [-0.2, -0.15) is 0 Å². The van der Waals surface area contributed by atoms with Crippen molar-refractivity contribution in [3.05, 3.63) is 215 Å². The molecule has 0 aliphatic heterocycles. The molecule has 2 heteroatoms. The molecule has 11 rings (SSSR count). The highest BCUT2D eigenvalue weighted by atomic mass is 14.9. The van der Waals surface area contributed by atoms with Gasteiger partial charge in [0, 0.05) is 27.7 Å². The lowest BCUT2D eigenvalue weighted by atomic mass is 9.67. The van der Waals surface area contributed by atoms with Crippen molar-refractivity contribution in [1.82, 2.24) is 9.97 Å². The van der Waals surface area contributed by atoms with Gasteiger partial charge in [-0.25, -0.2) is 9.97 Å². The van der Waals surface area contributed by atoms with Crippen LogP contribution in [0.3, 0.4) is 0 Å². The van der Waals surface area contributed by atoms with E-state index in [4.69, 9.17) is 9.97 Å². The zero-order valence-electron chi connectivity index (χ0n) is 30.2. The summed E-state index contributed by atoms with van der Waals surface area (Å²) in [6.45, 7) is 4.71. The molecule has 9 aromatic rings. The normalized spacial score (nSPS) is 14.4. The van der Waals surface area contributed by atoms with Crippen molar-refractivity contribution >= 4 is 21.5 Å². The zero-order chi connectivity index (χ0) is 36.0. The molecular formula is C52H36N2. The molecule has 2 aliphatic rings. The molecule has 0 amide bonds. The Balaban J connectivity index is 1.22. The van der Waals surface area contributed by atoms with Gasteiger partial charge in [-0.1, -0.05) is 190 Å². The Morgan fingerprint density at radius 1 is 0.389 bits per heavy atom. The second-order valence-electron chi connectivity index (χ2n) is 15.2. The van der Waals surface area contributed by atoms with Crippen LogP contribution in [0.1, 0.15) is 47.2 Å². The molecule has 0 radical (unpaired) electrons. The third-order valence-corrected chi connectivity index (χ3v) is 12.1. The molecule has 0 saturated carbocycles. The summed E-state index contributed by atoms with van der Waals surface area (Å²) in [5.41, 5.74) is 14.6. The van der Waals surface area contributed by atoms with E-state index >= 15 is 0 Å².